The monoisotopic (exact) mass is 252 g/mol. The fourth-order valence-corrected chi connectivity index (χ4v) is 1.85. The van der Waals surface area contributed by atoms with Crippen molar-refractivity contribution in [3.8, 4) is 0 Å². The van der Waals surface area contributed by atoms with Crippen molar-refractivity contribution < 1.29 is 12.6 Å². The van der Waals surface area contributed by atoms with Crippen molar-refractivity contribution in [2.45, 2.75) is 24.2 Å². The summed E-state index contributed by atoms with van der Waals surface area (Å²) in [5, 5.41) is 0. The molecule has 58 valence electrons. The van der Waals surface area contributed by atoms with Crippen LogP contribution in [-0.2, 0) is 12.6 Å². The topological polar surface area (TPSA) is 43.4 Å². The molecule has 0 aromatic heterocycles. The van der Waals surface area contributed by atoms with Crippen LogP contribution in [0.4, 0.5) is 0 Å². The molecular weight excluding hydrogens is 239 g/mol. The van der Waals surface area contributed by atoms with Gasteiger partial charge in [0.15, 0.2) is 0 Å². The molecule has 0 fully saturated rings. The van der Waals surface area contributed by atoms with Gasteiger partial charge in [-0.05, 0) is 0 Å². The molecule has 4 heteroatoms. The SMILES string of the molecule is CC(=O)OCCC[CH2][SnH]=[O]. The summed E-state index contributed by atoms with van der Waals surface area (Å²) in [4.78, 5) is 10.2. The fourth-order valence-electron chi connectivity index (χ4n) is 0.546. The van der Waals surface area contributed by atoms with Crippen molar-refractivity contribution in [2.24, 2.45) is 0 Å². The first-order chi connectivity index (χ1) is 4.77. The summed E-state index contributed by atoms with van der Waals surface area (Å²) in [6, 6.07) is 0. The van der Waals surface area contributed by atoms with Crippen molar-refractivity contribution in [1.29, 1.82) is 0 Å². The zero-order chi connectivity index (χ0) is 7.82. The van der Waals surface area contributed by atoms with E-state index in [4.69, 9.17) is 0 Å². The van der Waals surface area contributed by atoms with Crippen molar-refractivity contribution in [3.05, 3.63) is 0 Å². The molecule has 0 bridgehead atoms. The third kappa shape index (κ3) is 8.07. The van der Waals surface area contributed by atoms with Crippen LogP contribution in [0.1, 0.15) is 19.8 Å². The zero-order valence-electron chi connectivity index (χ0n) is 6.13. The Balaban J connectivity index is 2.90. The maximum atomic E-state index is 10.2. The maximum absolute atomic E-state index is 10.2. The van der Waals surface area contributed by atoms with E-state index in [1.807, 2.05) is 0 Å². The molecule has 0 aliphatic rings. The molecule has 0 atom stereocenters. The number of ether oxygens (including phenoxy) is 1. The normalized spacial score (nSPS) is 8.90. The van der Waals surface area contributed by atoms with E-state index in [1.54, 1.807) is 0 Å². The van der Waals surface area contributed by atoms with E-state index in [-0.39, 0.29) is 5.97 Å². The van der Waals surface area contributed by atoms with Gasteiger partial charge in [0.2, 0.25) is 0 Å². The third-order valence-corrected chi connectivity index (χ3v) is 2.86. The van der Waals surface area contributed by atoms with E-state index in [9.17, 15) is 7.87 Å². The van der Waals surface area contributed by atoms with E-state index in [1.165, 1.54) is 6.92 Å². The standard InChI is InChI=1S/C6H11O2.O.Sn.H/c1-3-4-5-8-6(2)7;;;/h1,3-5H2,2H3;;;. The minimum atomic E-state index is -1.39. The van der Waals surface area contributed by atoms with Crippen LogP contribution in [0.3, 0.4) is 0 Å². The second-order valence-corrected chi connectivity index (χ2v) is 4.60. The number of unbranched alkanes of at least 4 members (excludes halogenated alkanes) is 1. The van der Waals surface area contributed by atoms with Crippen LogP contribution in [0.15, 0.2) is 0 Å². The van der Waals surface area contributed by atoms with Crippen LogP contribution in [0, 0.1) is 0 Å². The number of carbonyl (C=O) groups is 1. The second-order valence-electron chi connectivity index (χ2n) is 2.00. The van der Waals surface area contributed by atoms with Crippen LogP contribution in [-0.4, -0.2) is 33.7 Å². The molecule has 0 amide bonds. The summed E-state index contributed by atoms with van der Waals surface area (Å²) in [6.07, 6.45) is 1.80. The quantitative estimate of drug-likeness (QED) is 0.406. The van der Waals surface area contributed by atoms with Gasteiger partial charge in [0.25, 0.3) is 0 Å². The molecule has 0 N–H and O–H groups in total. The van der Waals surface area contributed by atoms with Crippen molar-refractivity contribution in [3.63, 3.8) is 0 Å². The van der Waals surface area contributed by atoms with Gasteiger partial charge in [0.05, 0.1) is 0 Å². The molecule has 0 unspecified atom stereocenters. The Hall–Kier alpha value is 0.0687. The van der Waals surface area contributed by atoms with Gasteiger partial charge in [-0.15, -0.1) is 0 Å². The summed E-state index contributed by atoms with van der Waals surface area (Å²) in [5.74, 6) is -0.233. The first-order valence-corrected chi connectivity index (χ1v) is 7.02. The molecule has 0 aromatic carbocycles. The van der Waals surface area contributed by atoms with Crippen LogP contribution in [0.25, 0.3) is 0 Å². The van der Waals surface area contributed by atoms with Crippen LogP contribution in [0.5, 0.6) is 0 Å². The Morgan fingerprint density at radius 2 is 2.20 bits per heavy atom. The predicted octanol–water partition coefficient (Wildman–Crippen LogP) is 0.530. The molecule has 0 spiro atoms. The predicted molar refractivity (Wildman–Crippen MR) is 38.5 cm³/mol. The average Bonchev–Trinajstić information content (AvgIpc) is 1.87. The number of carbonyl (C=O) groups excluding carboxylic acids is 1. The van der Waals surface area contributed by atoms with Crippen molar-refractivity contribution >= 4 is 27.1 Å². The van der Waals surface area contributed by atoms with E-state index in [2.05, 4.69) is 4.74 Å². The summed E-state index contributed by atoms with van der Waals surface area (Å²) in [6.45, 7) is 1.88. The van der Waals surface area contributed by atoms with Gasteiger partial charge in [0.1, 0.15) is 0 Å². The Morgan fingerprint density at radius 1 is 1.50 bits per heavy atom. The number of hydrogen-bond donors (Lipinski definition) is 0. The van der Waals surface area contributed by atoms with Gasteiger partial charge < -0.3 is 0 Å². The van der Waals surface area contributed by atoms with Gasteiger partial charge in [-0.3, -0.25) is 0 Å². The minimum absolute atomic E-state index is 0.233. The van der Waals surface area contributed by atoms with Crippen LogP contribution < -0.4 is 0 Å². The number of esters is 1. The van der Waals surface area contributed by atoms with Crippen LogP contribution >= 0.6 is 0 Å². The Kier molecular flexibility index (Phi) is 7.23. The van der Waals surface area contributed by atoms with E-state index in [0.717, 1.165) is 17.3 Å². The Labute approximate surface area is 70.7 Å². The van der Waals surface area contributed by atoms with Gasteiger partial charge in [-0.2, -0.15) is 0 Å². The van der Waals surface area contributed by atoms with Crippen molar-refractivity contribution in [2.75, 3.05) is 6.61 Å². The van der Waals surface area contributed by atoms with E-state index in [0.29, 0.717) is 6.61 Å². The molecule has 0 aliphatic carbocycles. The molecule has 0 saturated carbocycles. The summed E-state index contributed by atoms with van der Waals surface area (Å²) in [5.41, 5.74) is 0. The average molecular weight is 251 g/mol. The molecule has 0 saturated heterocycles. The Morgan fingerprint density at radius 3 is 2.70 bits per heavy atom. The first-order valence-electron chi connectivity index (χ1n) is 3.34. The van der Waals surface area contributed by atoms with Gasteiger partial charge in [-0.25, -0.2) is 0 Å². The van der Waals surface area contributed by atoms with Gasteiger partial charge >= 0.3 is 70.5 Å². The number of hydrogen-bond acceptors (Lipinski definition) is 3. The molecule has 0 aliphatic heterocycles. The van der Waals surface area contributed by atoms with E-state index < -0.39 is 21.1 Å². The van der Waals surface area contributed by atoms with E-state index >= 15 is 0 Å². The van der Waals surface area contributed by atoms with Gasteiger partial charge in [-0.1, -0.05) is 0 Å². The molecule has 0 aromatic rings. The molecule has 0 heterocycles. The van der Waals surface area contributed by atoms with Crippen molar-refractivity contribution in [1.82, 2.24) is 0 Å². The summed E-state index contributed by atoms with van der Waals surface area (Å²) >= 11 is -1.39. The summed E-state index contributed by atoms with van der Waals surface area (Å²) < 4.78 is 15.6. The molecular formula is C6H12O3Sn. The molecule has 0 rings (SSSR count). The first kappa shape index (κ1) is 10.1. The second kappa shape index (κ2) is 7.18. The number of rotatable bonds is 5. The summed E-state index contributed by atoms with van der Waals surface area (Å²) in [7, 11) is 0. The molecule has 10 heavy (non-hydrogen) atoms. The molecule has 0 radical (unpaired) electrons. The van der Waals surface area contributed by atoms with Gasteiger partial charge in [0, 0.05) is 0 Å². The zero-order valence-corrected chi connectivity index (χ0v) is 9.43. The fraction of sp³-hybridized carbons (Fsp3) is 0.833. The Bertz CT molecular complexity index is 114. The molecule has 3 nitrogen and oxygen atoms in total. The third-order valence-electron chi connectivity index (χ3n) is 1.02. The van der Waals surface area contributed by atoms with Crippen LogP contribution in [0.2, 0.25) is 4.44 Å².